The number of nitrogens with zero attached hydrogens (tertiary/aromatic N) is 1. The lowest BCUT2D eigenvalue weighted by atomic mass is 9.65. The minimum Gasteiger partial charge on any atom is -0.396 e. The van der Waals surface area contributed by atoms with E-state index < -0.39 is 29.1 Å². The molecule has 0 aromatic heterocycles. The van der Waals surface area contributed by atoms with E-state index in [4.69, 9.17) is 9.84 Å². The maximum absolute atomic E-state index is 13.9. The summed E-state index contributed by atoms with van der Waals surface area (Å²) in [7, 11) is 1.59. The fourth-order valence-electron chi connectivity index (χ4n) is 6.63. The smallest absolute Gasteiger partial charge is 0.250 e. The Kier molecular flexibility index (Phi) is 7.25. The molecule has 3 fully saturated rings. The maximum atomic E-state index is 13.9. The normalized spacial score (nSPS) is 31.1. The summed E-state index contributed by atoms with van der Waals surface area (Å²) in [5.74, 6) is -1.87. The fourth-order valence-corrected chi connectivity index (χ4v) is 6.63. The van der Waals surface area contributed by atoms with E-state index in [1.165, 1.54) is 0 Å². The second-order valence-electron chi connectivity index (χ2n) is 10.4. The number of carbonyl (C=O) groups is 3. The number of carbonyl (C=O) groups excluding carboxylic acids is 3. The Morgan fingerprint density at radius 2 is 1.89 bits per heavy atom. The van der Waals surface area contributed by atoms with Crippen LogP contribution in [-0.4, -0.2) is 65.2 Å². The van der Waals surface area contributed by atoms with Crippen molar-refractivity contribution < 1.29 is 24.2 Å². The number of fused-ring (bicyclic) bond motifs is 1. The first-order valence-corrected chi connectivity index (χ1v) is 13.0. The minimum absolute atomic E-state index is 0.148. The van der Waals surface area contributed by atoms with Gasteiger partial charge in [0, 0.05) is 25.9 Å². The molecule has 3 heterocycles. The summed E-state index contributed by atoms with van der Waals surface area (Å²) in [4.78, 5) is 42.6. The standard InChI is InChI=1S/C27H39N3O5/c1-5-26-12-13-27(35-26)21(20(26)23(32)28-4)25(34)30(14-8-6-7-9-15-31)22(27)24(33)29-19-16-17(2)10-11-18(19)3/h10-11,16,20-22,31H,5-9,12-15H2,1-4H3,(H,28,32)(H,29,33)/t20-,21+,22?,26+,27?/m1/s1. The van der Waals surface area contributed by atoms with Crippen molar-refractivity contribution in [2.24, 2.45) is 11.8 Å². The number of rotatable bonds is 10. The largest absolute Gasteiger partial charge is 0.396 e. The topological polar surface area (TPSA) is 108 Å². The molecular weight excluding hydrogens is 446 g/mol. The molecule has 1 aromatic carbocycles. The minimum atomic E-state index is -1.00. The third-order valence-electron chi connectivity index (χ3n) is 8.42. The summed E-state index contributed by atoms with van der Waals surface area (Å²) in [5.41, 5.74) is 0.990. The molecule has 3 aliphatic rings. The Labute approximate surface area is 207 Å². The molecule has 0 aliphatic carbocycles. The zero-order valence-electron chi connectivity index (χ0n) is 21.4. The molecule has 3 N–H and O–H groups in total. The van der Waals surface area contributed by atoms with Crippen LogP contribution in [0.5, 0.6) is 0 Å². The van der Waals surface area contributed by atoms with Crippen LogP contribution in [0.15, 0.2) is 18.2 Å². The Balaban J connectivity index is 1.69. The fraction of sp³-hybridized carbons (Fsp3) is 0.667. The van der Waals surface area contributed by atoms with Crippen molar-refractivity contribution in [2.45, 2.75) is 83.0 Å². The highest BCUT2D eigenvalue weighted by Gasteiger charge is 2.78. The number of aryl methyl sites for hydroxylation is 2. The van der Waals surface area contributed by atoms with Crippen LogP contribution < -0.4 is 10.6 Å². The molecule has 8 nitrogen and oxygen atoms in total. The Bertz CT molecular complexity index is 997. The molecule has 8 heteroatoms. The van der Waals surface area contributed by atoms with Crippen molar-refractivity contribution in [1.82, 2.24) is 10.2 Å². The van der Waals surface area contributed by atoms with E-state index in [1.54, 1.807) is 11.9 Å². The summed E-state index contributed by atoms with van der Waals surface area (Å²) in [6.45, 7) is 6.48. The molecule has 2 unspecified atom stereocenters. The molecule has 0 saturated carbocycles. The van der Waals surface area contributed by atoms with E-state index >= 15 is 0 Å². The number of aliphatic hydroxyl groups excluding tert-OH is 1. The summed E-state index contributed by atoms with van der Waals surface area (Å²) in [6.07, 6.45) is 5.01. The van der Waals surface area contributed by atoms with Gasteiger partial charge >= 0.3 is 0 Å². The second kappa shape index (κ2) is 9.90. The van der Waals surface area contributed by atoms with Crippen LogP contribution in [0.2, 0.25) is 0 Å². The molecule has 5 atom stereocenters. The SMILES string of the molecule is CC[C@@]12CCC3(O1)C(C(=O)Nc1cc(C)ccc1C)N(CCCCCCO)C(=O)[C@@H]3[C@@H]2C(=O)NC. The molecule has 1 spiro atoms. The number of likely N-dealkylation sites (tertiary alicyclic amines) is 1. The van der Waals surface area contributed by atoms with E-state index in [0.717, 1.165) is 42.5 Å². The number of anilines is 1. The van der Waals surface area contributed by atoms with E-state index in [0.29, 0.717) is 25.8 Å². The number of hydrogen-bond donors (Lipinski definition) is 3. The van der Waals surface area contributed by atoms with Gasteiger partial charge in [0.15, 0.2) is 0 Å². The molecule has 3 aliphatic heterocycles. The zero-order chi connectivity index (χ0) is 25.4. The van der Waals surface area contributed by atoms with E-state index in [2.05, 4.69) is 10.6 Å². The molecule has 4 rings (SSSR count). The molecule has 192 valence electrons. The molecule has 1 aromatic rings. The van der Waals surface area contributed by atoms with Gasteiger partial charge in [0.2, 0.25) is 17.7 Å². The van der Waals surface area contributed by atoms with Gasteiger partial charge in [-0.3, -0.25) is 14.4 Å². The van der Waals surface area contributed by atoms with Crippen LogP contribution in [0.1, 0.15) is 63.0 Å². The van der Waals surface area contributed by atoms with Crippen molar-refractivity contribution in [2.75, 3.05) is 25.5 Å². The molecule has 3 saturated heterocycles. The molecular formula is C27H39N3O5. The van der Waals surface area contributed by atoms with E-state index in [9.17, 15) is 14.4 Å². The highest BCUT2D eigenvalue weighted by atomic mass is 16.5. The van der Waals surface area contributed by atoms with Crippen molar-refractivity contribution in [3.05, 3.63) is 29.3 Å². The summed E-state index contributed by atoms with van der Waals surface area (Å²) < 4.78 is 6.71. The number of amides is 3. The van der Waals surface area contributed by atoms with Crippen LogP contribution in [0.4, 0.5) is 5.69 Å². The highest BCUT2D eigenvalue weighted by Crippen LogP contribution is 2.64. The van der Waals surface area contributed by atoms with Gasteiger partial charge in [-0.05, 0) is 63.1 Å². The van der Waals surface area contributed by atoms with E-state index in [-0.39, 0.29) is 24.3 Å². The van der Waals surface area contributed by atoms with Crippen molar-refractivity contribution >= 4 is 23.4 Å². The van der Waals surface area contributed by atoms with Gasteiger partial charge in [-0.1, -0.05) is 31.9 Å². The number of aliphatic hydroxyl groups is 1. The average Bonchev–Trinajstić information content (AvgIpc) is 3.44. The van der Waals surface area contributed by atoms with Gasteiger partial charge in [-0.2, -0.15) is 0 Å². The van der Waals surface area contributed by atoms with Gasteiger partial charge in [-0.25, -0.2) is 0 Å². The molecule has 0 radical (unpaired) electrons. The predicted molar refractivity (Wildman–Crippen MR) is 133 cm³/mol. The first-order valence-electron chi connectivity index (χ1n) is 13.0. The zero-order valence-corrected chi connectivity index (χ0v) is 21.4. The Hall–Kier alpha value is -2.45. The van der Waals surface area contributed by atoms with Crippen LogP contribution >= 0.6 is 0 Å². The van der Waals surface area contributed by atoms with E-state index in [1.807, 2.05) is 39.0 Å². The number of unbranched alkanes of at least 4 members (excludes halogenated alkanes) is 3. The quantitative estimate of drug-likeness (QED) is 0.442. The number of hydrogen-bond acceptors (Lipinski definition) is 5. The lowest BCUT2D eigenvalue weighted by Crippen LogP contribution is -2.53. The summed E-state index contributed by atoms with van der Waals surface area (Å²) >= 11 is 0. The third-order valence-corrected chi connectivity index (χ3v) is 8.42. The van der Waals surface area contributed by atoms with Gasteiger partial charge < -0.3 is 25.4 Å². The summed E-state index contributed by atoms with van der Waals surface area (Å²) in [5, 5.41) is 14.9. The predicted octanol–water partition coefficient (Wildman–Crippen LogP) is 2.70. The van der Waals surface area contributed by atoms with Crippen LogP contribution in [0.3, 0.4) is 0 Å². The number of ether oxygens (including phenoxy) is 1. The van der Waals surface area contributed by atoms with Gasteiger partial charge in [-0.15, -0.1) is 0 Å². The first-order chi connectivity index (χ1) is 16.7. The highest BCUT2D eigenvalue weighted by molar-refractivity contribution is 6.04. The maximum Gasteiger partial charge on any atom is 0.250 e. The molecule has 2 bridgehead atoms. The van der Waals surface area contributed by atoms with Crippen LogP contribution in [-0.2, 0) is 19.1 Å². The van der Waals surface area contributed by atoms with Crippen LogP contribution in [0, 0.1) is 25.7 Å². The lowest BCUT2D eigenvalue weighted by Gasteiger charge is -2.33. The van der Waals surface area contributed by atoms with Crippen molar-refractivity contribution in [3.63, 3.8) is 0 Å². The lowest BCUT2D eigenvalue weighted by molar-refractivity contribution is -0.145. The first kappa shape index (κ1) is 25.6. The monoisotopic (exact) mass is 485 g/mol. The Morgan fingerprint density at radius 3 is 2.57 bits per heavy atom. The number of benzene rings is 1. The average molecular weight is 486 g/mol. The van der Waals surface area contributed by atoms with Gasteiger partial charge in [0.1, 0.15) is 11.6 Å². The molecule has 3 amide bonds. The molecule has 35 heavy (non-hydrogen) atoms. The summed E-state index contributed by atoms with van der Waals surface area (Å²) in [6, 6.07) is 5.11. The van der Waals surface area contributed by atoms with Gasteiger partial charge in [0.05, 0.1) is 17.4 Å². The van der Waals surface area contributed by atoms with Crippen LogP contribution in [0.25, 0.3) is 0 Å². The van der Waals surface area contributed by atoms with Gasteiger partial charge in [0.25, 0.3) is 0 Å². The number of nitrogens with one attached hydrogen (secondary N) is 2. The van der Waals surface area contributed by atoms with Crippen molar-refractivity contribution in [1.29, 1.82) is 0 Å². The third kappa shape index (κ3) is 4.14. The second-order valence-corrected chi connectivity index (χ2v) is 10.4. The Morgan fingerprint density at radius 1 is 1.14 bits per heavy atom. The van der Waals surface area contributed by atoms with Crippen molar-refractivity contribution in [3.8, 4) is 0 Å².